The number of phenolic OH excluding ortho intramolecular Hbond substituents is 1. The van der Waals surface area contributed by atoms with E-state index in [1.165, 1.54) is 6.07 Å². The number of rotatable bonds is 2. The van der Waals surface area contributed by atoms with Crippen molar-refractivity contribution in [3.8, 4) is 11.8 Å². The second-order valence-electron chi connectivity index (χ2n) is 2.56. The zero-order valence-corrected chi connectivity index (χ0v) is 6.79. The molecule has 1 rings (SSSR count). The van der Waals surface area contributed by atoms with Crippen molar-refractivity contribution in [3.63, 3.8) is 0 Å². The van der Waals surface area contributed by atoms with E-state index in [9.17, 15) is 4.39 Å². The minimum absolute atomic E-state index is 0.108. The Kier molecular flexibility index (Phi) is 2.83. The molecule has 0 heterocycles. The number of benzene rings is 1. The van der Waals surface area contributed by atoms with Crippen LogP contribution in [-0.4, -0.2) is 16.8 Å². The number of aliphatic hydroxyl groups is 1. The largest absolute Gasteiger partial charge is 0.504 e. The molecule has 0 spiro atoms. The first kappa shape index (κ1) is 9.49. The summed E-state index contributed by atoms with van der Waals surface area (Å²) in [7, 11) is 0. The third-order valence-electron chi connectivity index (χ3n) is 1.64. The fourth-order valence-electron chi connectivity index (χ4n) is 1.01. The maximum absolute atomic E-state index is 12.9. The Morgan fingerprint density at radius 3 is 2.69 bits per heavy atom. The first-order chi connectivity index (χ1) is 6.19. The van der Waals surface area contributed by atoms with Gasteiger partial charge in [0.25, 0.3) is 0 Å². The van der Waals surface area contributed by atoms with Gasteiger partial charge in [0.05, 0.1) is 5.56 Å². The summed E-state index contributed by atoms with van der Waals surface area (Å²) in [5.41, 5.74) is 0.387. The van der Waals surface area contributed by atoms with Gasteiger partial charge in [-0.2, -0.15) is 5.26 Å². The summed E-state index contributed by atoms with van der Waals surface area (Å²) in [5.74, 6) is -1.47. The number of hydrogen-bond donors (Lipinski definition) is 2. The maximum Gasteiger partial charge on any atom is 0.169 e. The molecule has 1 aromatic carbocycles. The molecule has 0 bridgehead atoms. The van der Waals surface area contributed by atoms with Crippen molar-refractivity contribution in [2.45, 2.75) is 6.42 Å². The van der Waals surface area contributed by atoms with Gasteiger partial charge in [0.15, 0.2) is 11.6 Å². The summed E-state index contributed by atoms with van der Waals surface area (Å²) in [6.45, 7) is -0.116. The highest BCUT2D eigenvalue weighted by Crippen LogP contribution is 2.22. The Balaban J connectivity index is 3.16. The van der Waals surface area contributed by atoms with Gasteiger partial charge in [-0.15, -0.1) is 0 Å². The molecule has 0 saturated heterocycles. The zero-order chi connectivity index (χ0) is 9.84. The van der Waals surface area contributed by atoms with Gasteiger partial charge >= 0.3 is 0 Å². The fraction of sp³-hybridized carbons (Fsp3) is 0.222. The molecular formula is C9H8FNO2. The summed E-state index contributed by atoms with van der Waals surface area (Å²) in [6, 6.07) is 4.12. The third-order valence-corrected chi connectivity index (χ3v) is 1.64. The van der Waals surface area contributed by atoms with E-state index < -0.39 is 11.6 Å². The van der Waals surface area contributed by atoms with Gasteiger partial charge in [0, 0.05) is 6.61 Å². The SMILES string of the molecule is N#Cc1cc(CCO)cc(F)c1O. The molecule has 0 amide bonds. The first-order valence-electron chi connectivity index (χ1n) is 3.71. The van der Waals surface area contributed by atoms with Crippen LogP contribution in [0.3, 0.4) is 0 Å². The van der Waals surface area contributed by atoms with Crippen LogP contribution in [0.25, 0.3) is 0 Å². The van der Waals surface area contributed by atoms with Gasteiger partial charge in [-0.1, -0.05) is 0 Å². The highest BCUT2D eigenvalue weighted by Gasteiger charge is 2.08. The molecule has 0 saturated carbocycles. The van der Waals surface area contributed by atoms with Crippen LogP contribution < -0.4 is 0 Å². The van der Waals surface area contributed by atoms with Gasteiger partial charge in [0.1, 0.15) is 6.07 Å². The lowest BCUT2D eigenvalue weighted by Crippen LogP contribution is -1.93. The topological polar surface area (TPSA) is 64.2 Å². The molecule has 0 radical (unpaired) electrons. The summed E-state index contributed by atoms with van der Waals surface area (Å²) in [5, 5.41) is 26.1. The van der Waals surface area contributed by atoms with E-state index >= 15 is 0 Å². The smallest absolute Gasteiger partial charge is 0.169 e. The standard InChI is InChI=1S/C9H8FNO2/c10-8-4-6(1-2-12)3-7(5-11)9(8)13/h3-4,12-13H,1-2H2. The van der Waals surface area contributed by atoms with Crippen molar-refractivity contribution >= 4 is 0 Å². The van der Waals surface area contributed by atoms with Crippen molar-refractivity contribution in [3.05, 3.63) is 29.1 Å². The van der Waals surface area contributed by atoms with Crippen LogP contribution in [0.4, 0.5) is 4.39 Å². The Morgan fingerprint density at radius 1 is 1.46 bits per heavy atom. The highest BCUT2D eigenvalue weighted by atomic mass is 19.1. The lowest BCUT2D eigenvalue weighted by molar-refractivity contribution is 0.299. The number of nitriles is 1. The number of halogens is 1. The number of nitrogens with zero attached hydrogens (tertiary/aromatic N) is 1. The number of hydrogen-bond acceptors (Lipinski definition) is 3. The van der Waals surface area contributed by atoms with Gasteiger partial charge < -0.3 is 10.2 Å². The first-order valence-corrected chi connectivity index (χ1v) is 3.71. The molecule has 13 heavy (non-hydrogen) atoms. The summed E-state index contributed by atoms with van der Waals surface area (Å²) < 4.78 is 12.9. The van der Waals surface area contributed by atoms with E-state index in [0.717, 1.165) is 6.07 Å². The molecule has 0 fully saturated rings. The Hall–Kier alpha value is -1.60. The minimum atomic E-state index is -0.831. The second kappa shape index (κ2) is 3.87. The van der Waals surface area contributed by atoms with E-state index in [4.69, 9.17) is 15.5 Å². The van der Waals surface area contributed by atoms with E-state index in [2.05, 4.69) is 0 Å². The van der Waals surface area contributed by atoms with Crippen LogP contribution in [0.2, 0.25) is 0 Å². The average Bonchev–Trinajstić information content (AvgIpc) is 2.11. The third kappa shape index (κ3) is 1.95. The predicted molar refractivity (Wildman–Crippen MR) is 43.6 cm³/mol. The van der Waals surface area contributed by atoms with Gasteiger partial charge in [0.2, 0.25) is 0 Å². The lowest BCUT2D eigenvalue weighted by atomic mass is 10.1. The lowest BCUT2D eigenvalue weighted by Gasteiger charge is -2.02. The van der Waals surface area contributed by atoms with Crippen LogP contribution in [0.1, 0.15) is 11.1 Å². The van der Waals surface area contributed by atoms with E-state index in [0.29, 0.717) is 5.56 Å². The van der Waals surface area contributed by atoms with E-state index in [-0.39, 0.29) is 18.6 Å². The van der Waals surface area contributed by atoms with Crippen molar-refractivity contribution in [1.29, 1.82) is 5.26 Å². The molecule has 0 aromatic heterocycles. The summed E-state index contributed by atoms with van der Waals surface area (Å²) in [6.07, 6.45) is 0.270. The molecule has 2 N–H and O–H groups in total. The predicted octanol–water partition coefficient (Wildman–Crippen LogP) is 0.938. The Bertz CT molecular complexity index is 357. The molecule has 1 aromatic rings. The van der Waals surface area contributed by atoms with E-state index in [1.807, 2.05) is 0 Å². The van der Waals surface area contributed by atoms with Crippen molar-refractivity contribution < 1.29 is 14.6 Å². The zero-order valence-electron chi connectivity index (χ0n) is 6.79. The number of aromatic hydroxyl groups is 1. The number of aliphatic hydroxyl groups excluding tert-OH is 1. The molecule has 68 valence electrons. The van der Waals surface area contributed by atoms with E-state index in [1.54, 1.807) is 6.07 Å². The Labute approximate surface area is 74.7 Å². The normalized spacial score (nSPS) is 9.62. The van der Waals surface area contributed by atoms with Gasteiger partial charge in [-0.05, 0) is 24.1 Å². The molecule has 0 atom stereocenters. The Morgan fingerprint density at radius 2 is 2.15 bits per heavy atom. The molecule has 3 nitrogen and oxygen atoms in total. The summed E-state index contributed by atoms with van der Waals surface area (Å²) in [4.78, 5) is 0. The van der Waals surface area contributed by atoms with Crippen LogP contribution in [0.5, 0.6) is 5.75 Å². The molecule has 0 aliphatic heterocycles. The van der Waals surface area contributed by atoms with Gasteiger partial charge in [-0.3, -0.25) is 0 Å². The molecule has 0 aliphatic carbocycles. The average molecular weight is 181 g/mol. The molecular weight excluding hydrogens is 173 g/mol. The van der Waals surface area contributed by atoms with Crippen molar-refractivity contribution in [2.24, 2.45) is 0 Å². The quantitative estimate of drug-likeness (QED) is 0.713. The van der Waals surface area contributed by atoms with Gasteiger partial charge in [-0.25, -0.2) is 4.39 Å². The van der Waals surface area contributed by atoms with Crippen LogP contribution >= 0.6 is 0 Å². The fourth-order valence-corrected chi connectivity index (χ4v) is 1.01. The van der Waals surface area contributed by atoms with Crippen molar-refractivity contribution in [2.75, 3.05) is 6.61 Å². The second-order valence-corrected chi connectivity index (χ2v) is 2.56. The van der Waals surface area contributed by atoms with Crippen molar-refractivity contribution in [1.82, 2.24) is 0 Å². The number of phenols is 1. The maximum atomic E-state index is 12.9. The highest BCUT2D eigenvalue weighted by molar-refractivity contribution is 5.45. The molecule has 0 aliphatic rings. The van der Waals surface area contributed by atoms with Crippen LogP contribution in [0.15, 0.2) is 12.1 Å². The monoisotopic (exact) mass is 181 g/mol. The summed E-state index contributed by atoms with van der Waals surface area (Å²) >= 11 is 0. The van der Waals surface area contributed by atoms with Crippen LogP contribution in [0, 0.1) is 17.1 Å². The molecule has 0 unspecified atom stereocenters. The molecule has 4 heteroatoms. The van der Waals surface area contributed by atoms with Crippen LogP contribution in [-0.2, 0) is 6.42 Å². The minimum Gasteiger partial charge on any atom is -0.504 e.